The Labute approximate surface area is 132 Å². The molecule has 0 spiro atoms. The first kappa shape index (κ1) is 16.7. The van der Waals surface area contributed by atoms with E-state index < -0.39 is 0 Å². The van der Waals surface area contributed by atoms with Crippen LogP contribution in [-0.4, -0.2) is 54.0 Å². The van der Waals surface area contributed by atoms with Crippen LogP contribution >= 0.6 is 0 Å². The molecule has 0 aromatic carbocycles. The molecule has 1 aromatic rings. The van der Waals surface area contributed by atoms with Crippen LogP contribution in [0.2, 0.25) is 0 Å². The number of aromatic nitrogens is 2. The highest BCUT2D eigenvalue weighted by Gasteiger charge is 2.17. The smallest absolute Gasteiger partial charge is 0.270 e. The minimum atomic E-state index is -0.0920. The highest BCUT2D eigenvalue weighted by Crippen LogP contribution is 2.17. The monoisotopic (exact) mass is 305 g/mol. The summed E-state index contributed by atoms with van der Waals surface area (Å²) < 4.78 is 0. The molecule has 1 saturated carbocycles. The van der Waals surface area contributed by atoms with Crippen LogP contribution in [0.15, 0.2) is 12.3 Å². The Balaban J connectivity index is 1.83. The van der Waals surface area contributed by atoms with Crippen LogP contribution in [0.25, 0.3) is 0 Å². The van der Waals surface area contributed by atoms with Crippen LogP contribution in [0.4, 0.5) is 5.95 Å². The fourth-order valence-electron chi connectivity index (χ4n) is 2.67. The zero-order chi connectivity index (χ0) is 15.8. The van der Waals surface area contributed by atoms with Crippen LogP contribution in [-0.2, 0) is 0 Å². The maximum Gasteiger partial charge on any atom is 0.270 e. The van der Waals surface area contributed by atoms with E-state index in [2.05, 4.69) is 25.5 Å². The van der Waals surface area contributed by atoms with Crippen LogP contribution in [0.3, 0.4) is 0 Å². The maximum absolute atomic E-state index is 12.2. The molecule has 122 valence electrons. The van der Waals surface area contributed by atoms with Gasteiger partial charge in [-0.05, 0) is 46.0 Å². The Morgan fingerprint density at radius 1 is 1.32 bits per heavy atom. The van der Waals surface area contributed by atoms with Gasteiger partial charge in [0.05, 0.1) is 0 Å². The van der Waals surface area contributed by atoms with E-state index in [9.17, 15) is 4.79 Å². The van der Waals surface area contributed by atoms with Gasteiger partial charge < -0.3 is 15.5 Å². The third kappa shape index (κ3) is 5.60. The second kappa shape index (κ2) is 8.68. The number of carbonyl (C=O) groups is 1. The van der Waals surface area contributed by atoms with Crippen LogP contribution in [0, 0.1) is 0 Å². The van der Waals surface area contributed by atoms with Gasteiger partial charge in [-0.3, -0.25) is 4.79 Å². The molecule has 0 aliphatic heterocycles. The van der Waals surface area contributed by atoms with Crippen LogP contribution in [0.1, 0.15) is 49.0 Å². The quantitative estimate of drug-likeness (QED) is 0.753. The zero-order valence-electron chi connectivity index (χ0n) is 13.6. The van der Waals surface area contributed by atoms with E-state index in [1.807, 2.05) is 14.1 Å². The van der Waals surface area contributed by atoms with Crippen molar-refractivity contribution in [3.05, 3.63) is 18.0 Å². The summed E-state index contributed by atoms with van der Waals surface area (Å²) >= 11 is 0. The van der Waals surface area contributed by atoms with Crippen molar-refractivity contribution in [1.29, 1.82) is 0 Å². The highest BCUT2D eigenvalue weighted by molar-refractivity contribution is 5.92. The first-order valence-corrected chi connectivity index (χ1v) is 8.17. The van der Waals surface area contributed by atoms with Crippen molar-refractivity contribution < 1.29 is 4.79 Å². The van der Waals surface area contributed by atoms with Gasteiger partial charge in [0.25, 0.3) is 5.91 Å². The summed E-state index contributed by atoms with van der Waals surface area (Å²) in [7, 11) is 4.10. The number of nitrogens with zero attached hydrogens (tertiary/aromatic N) is 3. The molecule has 6 heteroatoms. The lowest BCUT2D eigenvalue weighted by Gasteiger charge is -2.22. The van der Waals surface area contributed by atoms with Gasteiger partial charge in [-0.25, -0.2) is 9.97 Å². The molecule has 1 heterocycles. The van der Waals surface area contributed by atoms with Crippen molar-refractivity contribution >= 4 is 11.9 Å². The number of hydrogen-bond acceptors (Lipinski definition) is 5. The minimum absolute atomic E-state index is 0.0920. The third-order valence-electron chi connectivity index (χ3n) is 3.89. The molecule has 0 saturated heterocycles. The first-order valence-electron chi connectivity index (χ1n) is 8.17. The van der Waals surface area contributed by atoms with Crippen molar-refractivity contribution in [2.24, 2.45) is 0 Å². The minimum Gasteiger partial charge on any atom is -0.354 e. The zero-order valence-corrected chi connectivity index (χ0v) is 13.6. The van der Waals surface area contributed by atoms with Gasteiger partial charge in [0.1, 0.15) is 5.69 Å². The van der Waals surface area contributed by atoms with Crippen molar-refractivity contribution in [1.82, 2.24) is 20.2 Å². The molecule has 6 nitrogen and oxygen atoms in total. The van der Waals surface area contributed by atoms with Crippen LogP contribution in [0.5, 0.6) is 0 Å². The molecule has 1 aromatic heterocycles. The lowest BCUT2D eigenvalue weighted by Crippen LogP contribution is -2.36. The summed E-state index contributed by atoms with van der Waals surface area (Å²) in [5, 5.41) is 6.25. The van der Waals surface area contributed by atoms with E-state index in [1.165, 1.54) is 19.3 Å². The number of carbonyl (C=O) groups excluding carboxylic acids is 1. The predicted octanol–water partition coefficient (Wildman–Crippen LogP) is 1.90. The van der Waals surface area contributed by atoms with Crippen molar-refractivity contribution in [2.75, 3.05) is 32.5 Å². The van der Waals surface area contributed by atoms with E-state index in [-0.39, 0.29) is 5.91 Å². The molecule has 0 radical (unpaired) electrons. The average molecular weight is 305 g/mol. The normalized spacial score (nSPS) is 15.8. The fraction of sp³-hybridized carbons (Fsp3) is 0.688. The largest absolute Gasteiger partial charge is 0.354 e. The molecule has 2 rings (SSSR count). The summed E-state index contributed by atoms with van der Waals surface area (Å²) in [5.41, 5.74) is 0.440. The van der Waals surface area contributed by atoms with E-state index >= 15 is 0 Å². The Kier molecular flexibility index (Phi) is 6.58. The molecule has 0 unspecified atom stereocenters. The Morgan fingerprint density at radius 3 is 2.82 bits per heavy atom. The highest BCUT2D eigenvalue weighted by atomic mass is 16.1. The SMILES string of the molecule is CN(C)CCCNc1nccc(C(=O)NC2CCCCC2)n1. The van der Waals surface area contributed by atoms with E-state index in [0.717, 1.165) is 32.4 Å². The lowest BCUT2D eigenvalue weighted by atomic mass is 9.95. The second-order valence-electron chi connectivity index (χ2n) is 6.16. The topological polar surface area (TPSA) is 70.2 Å². The van der Waals surface area contributed by atoms with Crippen molar-refractivity contribution in [2.45, 2.75) is 44.6 Å². The summed E-state index contributed by atoms with van der Waals surface area (Å²) in [6.45, 7) is 1.81. The molecule has 1 aliphatic rings. The molecular formula is C16H27N5O. The maximum atomic E-state index is 12.2. The summed E-state index contributed by atoms with van der Waals surface area (Å²) in [4.78, 5) is 22.9. The van der Waals surface area contributed by atoms with Gasteiger partial charge in [0, 0.05) is 18.8 Å². The fourth-order valence-corrected chi connectivity index (χ4v) is 2.67. The molecular weight excluding hydrogens is 278 g/mol. The van der Waals surface area contributed by atoms with Gasteiger partial charge in [0.15, 0.2) is 0 Å². The number of rotatable bonds is 7. The molecule has 22 heavy (non-hydrogen) atoms. The van der Waals surface area contributed by atoms with Gasteiger partial charge in [-0.2, -0.15) is 0 Å². The standard InChI is InChI=1S/C16H27N5O/c1-21(2)12-6-10-17-16-18-11-9-14(20-16)15(22)19-13-7-4-3-5-8-13/h9,11,13H,3-8,10,12H2,1-2H3,(H,19,22)(H,17,18,20). The van der Waals surface area contributed by atoms with Gasteiger partial charge in [0.2, 0.25) is 5.95 Å². The number of nitrogens with one attached hydrogen (secondary N) is 2. The molecule has 1 aliphatic carbocycles. The van der Waals surface area contributed by atoms with Crippen molar-refractivity contribution in [3.8, 4) is 0 Å². The molecule has 2 N–H and O–H groups in total. The predicted molar refractivity (Wildman–Crippen MR) is 88.0 cm³/mol. The van der Waals surface area contributed by atoms with Crippen LogP contribution < -0.4 is 10.6 Å². The van der Waals surface area contributed by atoms with E-state index in [4.69, 9.17) is 0 Å². The van der Waals surface area contributed by atoms with Crippen molar-refractivity contribution in [3.63, 3.8) is 0 Å². The third-order valence-corrected chi connectivity index (χ3v) is 3.89. The lowest BCUT2D eigenvalue weighted by molar-refractivity contribution is 0.0922. The summed E-state index contributed by atoms with van der Waals surface area (Å²) in [5.74, 6) is 0.431. The summed E-state index contributed by atoms with van der Waals surface area (Å²) in [6.07, 6.45) is 8.48. The Hall–Kier alpha value is -1.69. The summed E-state index contributed by atoms with van der Waals surface area (Å²) in [6, 6.07) is 1.97. The number of amides is 1. The molecule has 1 amide bonds. The van der Waals surface area contributed by atoms with E-state index in [1.54, 1.807) is 12.3 Å². The number of hydrogen-bond donors (Lipinski definition) is 2. The first-order chi connectivity index (χ1) is 10.6. The molecule has 0 atom stereocenters. The molecule has 1 fully saturated rings. The number of anilines is 1. The molecule has 0 bridgehead atoms. The van der Waals surface area contributed by atoms with E-state index in [0.29, 0.717) is 17.7 Å². The average Bonchev–Trinajstić information content (AvgIpc) is 2.53. The second-order valence-corrected chi connectivity index (χ2v) is 6.16. The van der Waals surface area contributed by atoms with Gasteiger partial charge in [-0.1, -0.05) is 19.3 Å². The Morgan fingerprint density at radius 2 is 2.09 bits per heavy atom. The Bertz CT molecular complexity index is 471. The van der Waals surface area contributed by atoms with Gasteiger partial charge >= 0.3 is 0 Å². The van der Waals surface area contributed by atoms with Gasteiger partial charge in [-0.15, -0.1) is 0 Å².